The predicted molar refractivity (Wildman–Crippen MR) is 64.4 cm³/mol. The molecular formula is C11H20N2OS. The first kappa shape index (κ1) is 12.6. The second-order valence-electron chi connectivity index (χ2n) is 3.52. The molecule has 0 aromatic carbocycles. The van der Waals surface area contributed by atoms with E-state index in [4.69, 9.17) is 4.74 Å². The average Bonchev–Trinajstić information content (AvgIpc) is 2.64. The summed E-state index contributed by atoms with van der Waals surface area (Å²) in [4.78, 5) is 4.45. The summed E-state index contributed by atoms with van der Waals surface area (Å²) >= 11 is 1.70. The molecule has 0 saturated carbocycles. The fraction of sp³-hybridized carbons (Fsp3) is 0.727. The summed E-state index contributed by atoms with van der Waals surface area (Å²) in [6.07, 6.45) is 1.06. The van der Waals surface area contributed by atoms with Crippen molar-refractivity contribution in [2.75, 3.05) is 19.8 Å². The largest absolute Gasteiger partial charge is 0.382 e. The standard InChI is InChI=1S/C11H20N2OS/c1-4-14-7-5-6-12-9(2)11-8-15-10(3)13-11/h8-9,12H,4-7H2,1-3H3. The molecule has 0 aliphatic rings. The van der Waals surface area contributed by atoms with Crippen molar-refractivity contribution in [3.63, 3.8) is 0 Å². The molecule has 0 bridgehead atoms. The summed E-state index contributed by atoms with van der Waals surface area (Å²) in [6, 6.07) is 0.344. The highest BCUT2D eigenvalue weighted by molar-refractivity contribution is 7.09. The Balaban J connectivity index is 2.16. The maximum Gasteiger partial charge on any atom is 0.0898 e. The lowest BCUT2D eigenvalue weighted by Gasteiger charge is -2.11. The van der Waals surface area contributed by atoms with Gasteiger partial charge in [-0.15, -0.1) is 11.3 Å². The zero-order chi connectivity index (χ0) is 11.1. The lowest BCUT2D eigenvalue weighted by molar-refractivity contribution is 0.144. The van der Waals surface area contributed by atoms with E-state index in [0.717, 1.165) is 36.9 Å². The molecule has 0 aliphatic heterocycles. The van der Waals surface area contributed by atoms with Crippen LogP contribution in [0.4, 0.5) is 0 Å². The van der Waals surface area contributed by atoms with E-state index in [-0.39, 0.29) is 0 Å². The van der Waals surface area contributed by atoms with Gasteiger partial charge in [0.2, 0.25) is 0 Å². The molecule has 0 aliphatic carbocycles. The summed E-state index contributed by atoms with van der Waals surface area (Å²) in [7, 11) is 0. The monoisotopic (exact) mass is 228 g/mol. The first-order chi connectivity index (χ1) is 7.24. The van der Waals surface area contributed by atoms with Crippen LogP contribution in [0, 0.1) is 6.92 Å². The highest BCUT2D eigenvalue weighted by atomic mass is 32.1. The molecule has 15 heavy (non-hydrogen) atoms. The van der Waals surface area contributed by atoms with Crippen molar-refractivity contribution in [2.45, 2.75) is 33.2 Å². The van der Waals surface area contributed by atoms with Gasteiger partial charge in [-0.2, -0.15) is 0 Å². The van der Waals surface area contributed by atoms with Crippen molar-refractivity contribution in [3.05, 3.63) is 16.1 Å². The molecule has 3 nitrogen and oxygen atoms in total. The van der Waals surface area contributed by atoms with Crippen LogP contribution in [0.3, 0.4) is 0 Å². The van der Waals surface area contributed by atoms with E-state index in [1.807, 2.05) is 13.8 Å². The summed E-state index contributed by atoms with van der Waals surface area (Å²) in [5, 5.41) is 6.69. The number of hydrogen-bond donors (Lipinski definition) is 1. The van der Waals surface area contributed by atoms with E-state index in [2.05, 4.69) is 22.6 Å². The van der Waals surface area contributed by atoms with Crippen LogP contribution in [-0.2, 0) is 4.74 Å². The van der Waals surface area contributed by atoms with Crippen LogP contribution in [0.15, 0.2) is 5.38 Å². The van der Waals surface area contributed by atoms with E-state index in [0.29, 0.717) is 6.04 Å². The van der Waals surface area contributed by atoms with E-state index >= 15 is 0 Å². The van der Waals surface area contributed by atoms with Crippen molar-refractivity contribution in [3.8, 4) is 0 Å². The fourth-order valence-corrected chi connectivity index (χ4v) is 2.03. The first-order valence-corrected chi connectivity index (χ1v) is 6.35. The number of nitrogens with one attached hydrogen (secondary N) is 1. The number of hydrogen-bond acceptors (Lipinski definition) is 4. The second-order valence-corrected chi connectivity index (χ2v) is 4.58. The summed E-state index contributed by atoms with van der Waals surface area (Å²) in [5.74, 6) is 0. The Labute approximate surface area is 95.9 Å². The van der Waals surface area contributed by atoms with Gasteiger partial charge in [0.05, 0.1) is 10.7 Å². The van der Waals surface area contributed by atoms with Gasteiger partial charge in [0, 0.05) is 24.6 Å². The van der Waals surface area contributed by atoms with Gasteiger partial charge in [-0.25, -0.2) is 4.98 Å². The molecule has 4 heteroatoms. The Morgan fingerprint density at radius 2 is 2.40 bits per heavy atom. The van der Waals surface area contributed by atoms with Crippen molar-refractivity contribution in [2.24, 2.45) is 0 Å². The molecule has 1 N–H and O–H groups in total. The van der Waals surface area contributed by atoms with Crippen LogP contribution in [0.2, 0.25) is 0 Å². The van der Waals surface area contributed by atoms with Crippen molar-refractivity contribution >= 4 is 11.3 Å². The van der Waals surface area contributed by atoms with E-state index in [1.54, 1.807) is 11.3 Å². The Morgan fingerprint density at radius 3 is 3.00 bits per heavy atom. The zero-order valence-corrected chi connectivity index (χ0v) is 10.6. The molecule has 0 fully saturated rings. The van der Waals surface area contributed by atoms with E-state index in [1.165, 1.54) is 0 Å². The van der Waals surface area contributed by atoms with Crippen LogP contribution in [0.25, 0.3) is 0 Å². The van der Waals surface area contributed by atoms with Crippen molar-refractivity contribution < 1.29 is 4.74 Å². The summed E-state index contributed by atoms with van der Waals surface area (Å²) < 4.78 is 5.27. The van der Waals surface area contributed by atoms with Crippen LogP contribution in [0.1, 0.15) is 37.0 Å². The Hall–Kier alpha value is -0.450. The van der Waals surface area contributed by atoms with Gasteiger partial charge in [-0.3, -0.25) is 0 Å². The number of rotatable bonds is 7. The molecule has 1 heterocycles. The van der Waals surface area contributed by atoms with Gasteiger partial charge in [0.1, 0.15) is 0 Å². The first-order valence-electron chi connectivity index (χ1n) is 5.47. The molecular weight excluding hydrogens is 208 g/mol. The number of aromatic nitrogens is 1. The smallest absolute Gasteiger partial charge is 0.0898 e. The highest BCUT2D eigenvalue weighted by Gasteiger charge is 2.07. The molecule has 1 aromatic rings. The van der Waals surface area contributed by atoms with Crippen LogP contribution >= 0.6 is 11.3 Å². The molecule has 0 amide bonds. The summed E-state index contributed by atoms with van der Waals surface area (Å²) in [6.45, 7) is 8.84. The number of thiazole rings is 1. The van der Waals surface area contributed by atoms with E-state index < -0.39 is 0 Å². The van der Waals surface area contributed by atoms with Gasteiger partial charge < -0.3 is 10.1 Å². The Kier molecular flexibility index (Phi) is 5.83. The number of nitrogens with zero attached hydrogens (tertiary/aromatic N) is 1. The minimum atomic E-state index is 0.344. The molecule has 1 atom stereocenters. The van der Waals surface area contributed by atoms with Gasteiger partial charge in [-0.05, 0) is 33.7 Å². The van der Waals surface area contributed by atoms with E-state index in [9.17, 15) is 0 Å². The molecule has 1 rings (SSSR count). The van der Waals surface area contributed by atoms with Crippen LogP contribution < -0.4 is 5.32 Å². The maximum absolute atomic E-state index is 5.27. The van der Waals surface area contributed by atoms with Gasteiger partial charge >= 0.3 is 0 Å². The van der Waals surface area contributed by atoms with Crippen molar-refractivity contribution in [1.82, 2.24) is 10.3 Å². The third-order valence-corrected chi connectivity index (χ3v) is 2.99. The Bertz CT molecular complexity index is 275. The highest BCUT2D eigenvalue weighted by Crippen LogP contribution is 2.15. The molecule has 0 spiro atoms. The number of aryl methyl sites for hydroxylation is 1. The SMILES string of the molecule is CCOCCCNC(C)c1csc(C)n1. The van der Waals surface area contributed by atoms with Crippen LogP contribution in [0.5, 0.6) is 0 Å². The lowest BCUT2D eigenvalue weighted by Crippen LogP contribution is -2.21. The predicted octanol–water partition coefficient (Wildman–Crippen LogP) is 2.53. The molecule has 86 valence electrons. The van der Waals surface area contributed by atoms with Gasteiger partial charge in [0.15, 0.2) is 0 Å². The molecule has 0 saturated heterocycles. The molecule has 0 radical (unpaired) electrons. The van der Waals surface area contributed by atoms with Crippen molar-refractivity contribution in [1.29, 1.82) is 0 Å². The molecule has 1 aromatic heterocycles. The van der Waals surface area contributed by atoms with Gasteiger partial charge in [-0.1, -0.05) is 0 Å². The maximum atomic E-state index is 5.27. The third-order valence-electron chi connectivity index (χ3n) is 2.20. The quantitative estimate of drug-likeness (QED) is 0.728. The van der Waals surface area contributed by atoms with Gasteiger partial charge in [0.25, 0.3) is 0 Å². The topological polar surface area (TPSA) is 34.1 Å². The van der Waals surface area contributed by atoms with Crippen LogP contribution in [-0.4, -0.2) is 24.7 Å². The lowest BCUT2D eigenvalue weighted by atomic mass is 10.2. The third kappa shape index (κ3) is 4.73. The zero-order valence-electron chi connectivity index (χ0n) is 9.75. The Morgan fingerprint density at radius 1 is 1.60 bits per heavy atom. The average molecular weight is 228 g/mol. The second kappa shape index (κ2) is 6.93. The number of ether oxygens (including phenoxy) is 1. The molecule has 1 unspecified atom stereocenters. The fourth-order valence-electron chi connectivity index (χ4n) is 1.32. The summed E-state index contributed by atoms with van der Waals surface area (Å²) in [5.41, 5.74) is 1.15. The minimum absolute atomic E-state index is 0.344. The normalized spacial score (nSPS) is 13.0. The minimum Gasteiger partial charge on any atom is -0.382 e.